The second-order valence-corrected chi connectivity index (χ2v) is 9.56. The Balaban J connectivity index is 1.78. The molecule has 0 fully saturated rings. The maximum Gasteiger partial charge on any atom is 0.242 e. The molecule has 0 saturated carbocycles. The zero-order valence-electron chi connectivity index (χ0n) is 17.8. The number of benzene rings is 1. The molecule has 3 rings (SSSR count). The average Bonchev–Trinajstić information content (AvgIpc) is 2.97. The minimum Gasteiger partial charge on any atom is -0.356 e. The number of fused-ring (bicyclic) bond motifs is 3. The molecule has 0 aliphatic carbocycles. The molecule has 28 heavy (non-hydrogen) atoms. The largest absolute Gasteiger partial charge is 0.356 e. The monoisotopic (exact) mass is 383 g/mol. The lowest BCUT2D eigenvalue weighted by molar-refractivity contribution is -0.136. The van der Waals surface area contributed by atoms with Crippen LogP contribution in [-0.4, -0.2) is 34.8 Å². The number of carbonyl (C=O) groups is 2. The van der Waals surface area contributed by atoms with Gasteiger partial charge < -0.3 is 15.2 Å². The molecule has 152 valence electrons. The molecule has 0 spiro atoms. The van der Waals surface area contributed by atoms with Crippen molar-refractivity contribution in [1.29, 1.82) is 0 Å². The van der Waals surface area contributed by atoms with Gasteiger partial charge in [0.25, 0.3) is 0 Å². The molecule has 0 radical (unpaired) electrons. The van der Waals surface area contributed by atoms with Crippen LogP contribution < -0.4 is 5.32 Å². The molecular weight excluding hydrogens is 350 g/mol. The van der Waals surface area contributed by atoms with E-state index in [1.807, 2.05) is 31.7 Å². The van der Waals surface area contributed by atoms with Crippen LogP contribution >= 0.6 is 0 Å². The first-order chi connectivity index (χ1) is 13.2. The van der Waals surface area contributed by atoms with E-state index in [0.29, 0.717) is 18.9 Å². The van der Waals surface area contributed by atoms with Crippen LogP contribution in [0.4, 0.5) is 0 Å². The highest BCUT2D eigenvalue weighted by Gasteiger charge is 2.33. The first-order valence-electron chi connectivity index (χ1n) is 10.3. The molecule has 0 saturated heterocycles. The van der Waals surface area contributed by atoms with E-state index in [-0.39, 0.29) is 29.8 Å². The van der Waals surface area contributed by atoms with Crippen molar-refractivity contribution in [1.82, 2.24) is 15.2 Å². The van der Waals surface area contributed by atoms with E-state index >= 15 is 0 Å². The van der Waals surface area contributed by atoms with Crippen LogP contribution in [0.25, 0.3) is 10.9 Å². The zero-order chi connectivity index (χ0) is 20.5. The van der Waals surface area contributed by atoms with E-state index in [1.165, 1.54) is 10.9 Å². The lowest BCUT2D eigenvalue weighted by Crippen LogP contribution is -2.45. The van der Waals surface area contributed by atoms with Gasteiger partial charge in [-0.15, -0.1) is 0 Å². The summed E-state index contributed by atoms with van der Waals surface area (Å²) in [6.45, 7) is 11.2. The predicted molar refractivity (Wildman–Crippen MR) is 113 cm³/mol. The Bertz CT molecular complexity index is 860. The second kappa shape index (κ2) is 7.98. The summed E-state index contributed by atoms with van der Waals surface area (Å²) in [5.41, 5.74) is 3.55. The lowest BCUT2D eigenvalue weighted by Gasteiger charge is -2.37. The fraction of sp³-hybridized carbons (Fsp3) is 0.565. The van der Waals surface area contributed by atoms with E-state index in [4.69, 9.17) is 0 Å². The maximum atomic E-state index is 13.0. The number of aromatic amines is 1. The molecule has 2 heterocycles. The number of hydrogen-bond acceptors (Lipinski definition) is 2. The Kier molecular flexibility index (Phi) is 5.82. The molecule has 2 amide bonds. The number of nitrogens with zero attached hydrogens (tertiary/aromatic N) is 1. The van der Waals surface area contributed by atoms with E-state index in [9.17, 15) is 9.59 Å². The molecule has 5 nitrogen and oxygen atoms in total. The summed E-state index contributed by atoms with van der Waals surface area (Å²) >= 11 is 0. The summed E-state index contributed by atoms with van der Waals surface area (Å²) in [6.07, 6.45) is 2.17. The van der Waals surface area contributed by atoms with Gasteiger partial charge in [0.1, 0.15) is 0 Å². The Morgan fingerprint density at radius 2 is 1.96 bits per heavy atom. The highest BCUT2D eigenvalue weighted by molar-refractivity contribution is 5.88. The maximum absolute atomic E-state index is 13.0. The van der Waals surface area contributed by atoms with E-state index < -0.39 is 0 Å². The van der Waals surface area contributed by atoms with E-state index in [0.717, 1.165) is 24.1 Å². The summed E-state index contributed by atoms with van der Waals surface area (Å²) in [4.78, 5) is 30.6. The van der Waals surface area contributed by atoms with Crippen molar-refractivity contribution in [2.24, 2.45) is 11.3 Å². The van der Waals surface area contributed by atoms with Crippen LogP contribution in [-0.2, 0) is 16.0 Å². The Hall–Kier alpha value is -2.30. The lowest BCUT2D eigenvalue weighted by atomic mass is 9.91. The van der Waals surface area contributed by atoms with Gasteiger partial charge >= 0.3 is 0 Å². The molecule has 2 aromatic rings. The van der Waals surface area contributed by atoms with Crippen molar-refractivity contribution >= 4 is 22.7 Å². The van der Waals surface area contributed by atoms with Crippen LogP contribution in [0.5, 0.6) is 0 Å². The van der Waals surface area contributed by atoms with Crippen molar-refractivity contribution in [2.75, 3.05) is 13.1 Å². The van der Waals surface area contributed by atoms with Crippen LogP contribution in [0.1, 0.15) is 64.8 Å². The Morgan fingerprint density at radius 3 is 2.64 bits per heavy atom. The predicted octanol–water partition coefficient (Wildman–Crippen LogP) is 4.19. The number of carbonyl (C=O) groups excluding carboxylic acids is 2. The van der Waals surface area contributed by atoms with Crippen molar-refractivity contribution in [2.45, 2.75) is 59.9 Å². The third-order valence-electron chi connectivity index (χ3n) is 5.30. The van der Waals surface area contributed by atoms with Gasteiger partial charge in [0.15, 0.2) is 0 Å². The number of aromatic nitrogens is 1. The van der Waals surface area contributed by atoms with Crippen LogP contribution in [0, 0.1) is 11.3 Å². The standard InChI is InChI=1S/C23H33N3O2/c1-15(2)12-19-22-17(16-8-6-7-9-18(16)25-22)10-11-26(19)21(28)14-24-20(27)13-23(3,4)5/h6-9,15,19,25H,10-14H2,1-5H3,(H,24,27). The molecule has 1 aromatic heterocycles. The average molecular weight is 384 g/mol. The quantitative estimate of drug-likeness (QED) is 0.813. The van der Waals surface area contributed by atoms with Gasteiger partial charge in [0, 0.05) is 29.6 Å². The van der Waals surface area contributed by atoms with Crippen LogP contribution in [0.15, 0.2) is 24.3 Å². The summed E-state index contributed by atoms with van der Waals surface area (Å²) < 4.78 is 0. The molecular formula is C23H33N3O2. The number of hydrogen-bond donors (Lipinski definition) is 2. The normalized spacial score (nSPS) is 17.1. The molecule has 2 N–H and O–H groups in total. The number of nitrogens with one attached hydrogen (secondary N) is 2. The molecule has 1 aliphatic rings. The van der Waals surface area contributed by atoms with Gasteiger partial charge in [-0.3, -0.25) is 9.59 Å². The van der Waals surface area contributed by atoms with Gasteiger partial charge in [-0.05, 0) is 35.8 Å². The van der Waals surface area contributed by atoms with Gasteiger partial charge in [-0.2, -0.15) is 0 Å². The Labute approximate surface area is 167 Å². The smallest absolute Gasteiger partial charge is 0.242 e. The summed E-state index contributed by atoms with van der Waals surface area (Å²) in [7, 11) is 0. The minimum atomic E-state index is -0.0856. The van der Waals surface area contributed by atoms with Crippen molar-refractivity contribution in [3.63, 3.8) is 0 Å². The van der Waals surface area contributed by atoms with Gasteiger partial charge in [-0.1, -0.05) is 52.8 Å². The van der Waals surface area contributed by atoms with Gasteiger partial charge in [-0.25, -0.2) is 0 Å². The van der Waals surface area contributed by atoms with Crippen molar-refractivity contribution < 1.29 is 9.59 Å². The van der Waals surface area contributed by atoms with E-state index in [2.05, 4.69) is 42.3 Å². The molecule has 1 unspecified atom stereocenters. The highest BCUT2D eigenvalue weighted by atomic mass is 16.2. The summed E-state index contributed by atoms with van der Waals surface area (Å²) in [5.74, 6) is 0.398. The van der Waals surface area contributed by atoms with Gasteiger partial charge in [0.05, 0.1) is 12.6 Å². The third kappa shape index (κ3) is 4.57. The molecule has 1 atom stereocenters. The fourth-order valence-corrected chi connectivity index (χ4v) is 4.13. The molecule has 1 aromatic carbocycles. The minimum absolute atomic E-state index is 0.00258. The molecule has 5 heteroatoms. The Morgan fingerprint density at radius 1 is 1.25 bits per heavy atom. The number of amides is 2. The first kappa shape index (κ1) is 20.4. The van der Waals surface area contributed by atoms with Crippen LogP contribution in [0.3, 0.4) is 0 Å². The number of para-hydroxylation sites is 1. The SMILES string of the molecule is CC(C)CC1c2[nH]c3ccccc3c2CCN1C(=O)CNC(=O)CC(C)(C)C. The zero-order valence-corrected chi connectivity index (χ0v) is 17.8. The number of rotatable bonds is 5. The fourth-order valence-electron chi connectivity index (χ4n) is 4.13. The molecule has 1 aliphatic heterocycles. The summed E-state index contributed by atoms with van der Waals surface area (Å²) in [6, 6.07) is 8.38. The number of H-pyrrole nitrogens is 1. The van der Waals surface area contributed by atoms with Gasteiger partial charge in [0.2, 0.25) is 11.8 Å². The second-order valence-electron chi connectivity index (χ2n) is 9.56. The molecule has 0 bridgehead atoms. The van der Waals surface area contributed by atoms with Crippen molar-refractivity contribution in [3.8, 4) is 0 Å². The highest BCUT2D eigenvalue weighted by Crippen LogP contribution is 2.37. The summed E-state index contributed by atoms with van der Waals surface area (Å²) in [5, 5.41) is 4.08. The topological polar surface area (TPSA) is 65.2 Å². The van der Waals surface area contributed by atoms with Crippen molar-refractivity contribution in [3.05, 3.63) is 35.5 Å². The first-order valence-corrected chi connectivity index (χ1v) is 10.3. The van der Waals surface area contributed by atoms with E-state index in [1.54, 1.807) is 0 Å². The van der Waals surface area contributed by atoms with Crippen LogP contribution in [0.2, 0.25) is 0 Å². The third-order valence-corrected chi connectivity index (χ3v) is 5.30.